The van der Waals surface area contributed by atoms with Gasteiger partial charge in [-0.25, -0.2) is 0 Å². The van der Waals surface area contributed by atoms with E-state index >= 15 is 0 Å². The number of hydrogen-bond acceptors (Lipinski definition) is 2. The fourth-order valence-electron chi connectivity index (χ4n) is 3.09. The van der Waals surface area contributed by atoms with Crippen molar-refractivity contribution in [2.75, 3.05) is 13.1 Å². The van der Waals surface area contributed by atoms with E-state index < -0.39 is 0 Å². The Kier molecular flexibility index (Phi) is 5.26. The molecule has 1 saturated heterocycles. The number of benzene rings is 1. The van der Waals surface area contributed by atoms with Crippen molar-refractivity contribution >= 4 is 11.6 Å². The predicted octanol–water partition coefficient (Wildman–Crippen LogP) is 3.85. The van der Waals surface area contributed by atoms with Gasteiger partial charge in [-0.1, -0.05) is 36.7 Å². The summed E-state index contributed by atoms with van der Waals surface area (Å²) in [6.45, 7) is 6.68. The number of nitrogens with zero attached hydrogens (tertiary/aromatic N) is 1. The summed E-state index contributed by atoms with van der Waals surface area (Å²) in [7, 11) is 0. The molecule has 0 amide bonds. The molecule has 1 aromatic carbocycles. The largest absolute Gasteiger partial charge is 0.326 e. The van der Waals surface area contributed by atoms with E-state index in [1.54, 1.807) is 0 Å². The summed E-state index contributed by atoms with van der Waals surface area (Å²) in [6, 6.07) is 8.44. The van der Waals surface area contributed by atoms with Crippen LogP contribution < -0.4 is 5.73 Å². The van der Waals surface area contributed by atoms with E-state index in [9.17, 15) is 0 Å². The Balaban J connectivity index is 2.23. The van der Waals surface area contributed by atoms with Crippen LogP contribution in [0.25, 0.3) is 0 Å². The van der Waals surface area contributed by atoms with Crippen LogP contribution >= 0.6 is 11.6 Å². The lowest BCUT2D eigenvalue weighted by Gasteiger charge is -2.34. The zero-order valence-corrected chi connectivity index (χ0v) is 12.7. The van der Waals surface area contributed by atoms with Gasteiger partial charge < -0.3 is 5.73 Å². The van der Waals surface area contributed by atoms with Gasteiger partial charge in [-0.3, -0.25) is 4.90 Å². The quantitative estimate of drug-likeness (QED) is 0.911. The summed E-state index contributed by atoms with van der Waals surface area (Å²) in [6.07, 6.45) is 3.84. The molecule has 0 spiro atoms. The van der Waals surface area contributed by atoms with Crippen molar-refractivity contribution in [3.05, 3.63) is 34.9 Å². The monoisotopic (exact) mass is 280 g/mol. The molecular weight excluding hydrogens is 256 g/mol. The van der Waals surface area contributed by atoms with Crippen LogP contribution in [0.2, 0.25) is 5.02 Å². The van der Waals surface area contributed by atoms with Crippen molar-refractivity contribution in [2.45, 2.75) is 45.2 Å². The Morgan fingerprint density at radius 2 is 2.00 bits per heavy atom. The van der Waals surface area contributed by atoms with E-state index in [1.165, 1.54) is 24.8 Å². The second kappa shape index (κ2) is 6.74. The molecule has 1 fully saturated rings. The molecule has 0 saturated carbocycles. The molecule has 0 bridgehead atoms. The SMILES string of the molecule is CC1CCCN(C(c2ccccc2Cl)C(C)N)CC1. The lowest BCUT2D eigenvalue weighted by molar-refractivity contribution is 0.181. The highest BCUT2D eigenvalue weighted by atomic mass is 35.5. The summed E-state index contributed by atoms with van der Waals surface area (Å²) in [5.41, 5.74) is 7.43. The number of rotatable bonds is 3. The molecule has 3 atom stereocenters. The average Bonchev–Trinajstić information content (AvgIpc) is 2.57. The molecule has 2 rings (SSSR count). The van der Waals surface area contributed by atoms with Crippen molar-refractivity contribution < 1.29 is 0 Å². The highest BCUT2D eigenvalue weighted by molar-refractivity contribution is 6.31. The minimum Gasteiger partial charge on any atom is -0.326 e. The van der Waals surface area contributed by atoms with Crippen LogP contribution in [0.1, 0.15) is 44.7 Å². The van der Waals surface area contributed by atoms with E-state index in [4.69, 9.17) is 17.3 Å². The van der Waals surface area contributed by atoms with Gasteiger partial charge in [-0.05, 0) is 56.8 Å². The molecule has 3 heteroatoms. The molecular formula is C16H25ClN2. The van der Waals surface area contributed by atoms with Gasteiger partial charge in [0.1, 0.15) is 0 Å². The first-order valence-corrected chi connectivity index (χ1v) is 7.71. The topological polar surface area (TPSA) is 29.3 Å². The summed E-state index contributed by atoms with van der Waals surface area (Å²) < 4.78 is 0. The Labute approximate surface area is 121 Å². The van der Waals surface area contributed by atoms with Crippen LogP contribution in [0.5, 0.6) is 0 Å². The minimum atomic E-state index is 0.0910. The first-order valence-electron chi connectivity index (χ1n) is 7.33. The van der Waals surface area contributed by atoms with Gasteiger partial charge in [0.2, 0.25) is 0 Å². The molecule has 2 N–H and O–H groups in total. The molecule has 1 heterocycles. The maximum atomic E-state index is 6.37. The second-order valence-corrected chi connectivity index (χ2v) is 6.30. The van der Waals surface area contributed by atoms with E-state index in [0.717, 1.165) is 24.0 Å². The molecule has 1 aliphatic rings. The van der Waals surface area contributed by atoms with Gasteiger partial charge in [0.05, 0.1) is 6.04 Å². The highest BCUT2D eigenvalue weighted by Crippen LogP contribution is 2.32. The van der Waals surface area contributed by atoms with Gasteiger partial charge in [0.15, 0.2) is 0 Å². The predicted molar refractivity (Wildman–Crippen MR) is 82.4 cm³/mol. The molecule has 3 unspecified atom stereocenters. The lowest BCUT2D eigenvalue weighted by atomic mass is 9.98. The number of nitrogens with two attached hydrogens (primary N) is 1. The molecule has 1 aliphatic heterocycles. The summed E-state index contributed by atoms with van der Waals surface area (Å²) in [4.78, 5) is 2.52. The van der Waals surface area contributed by atoms with Crippen LogP contribution in [0.3, 0.4) is 0 Å². The number of hydrogen-bond donors (Lipinski definition) is 1. The van der Waals surface area contributed by atoms with E-state index in [0.29, 0.717) is 0 Å². The first-order chi connectivity index (χ1) is 9.09. The fraction of sp³-hybridized carbons (Fsp3) is 0.625. The average molecular weight is 281 g/mol. The maximum Gasteiger partial charge on any atom is 0.0511 e. The standard InChI is InChI=1S/C16H25ClN2/c1-12-6-5-10-19(11-9-12)16(13(2)18)14-7-3-4-8-15(14)17/h3-4,7-8,12-13,16H,5-6,9-11,18H2,1-2H3. The van der Waals surface area contributed by atoms with Gasteiger partial charge >= 0.3 is 0 Å². The van der Waals surface area contributed by atoms with Crippen LogP contribution in [0, 0.1) is 5.92 Å². The molecule has 106 valence electrons. The molecule has 0 radical (unpaired) electrons. The third-order valence-corrected chi connectivity index (χ3v) is 4.51. The highest BCUT2D eigenvalue weighted by Gasteiger charge is 2.27. The molecule has 1 aromatic rings. The summed E-state index contributed by atoms with van der Waals surface area (Å²) in [5, 5.41) is 0.835. The number of halogens is 1. The Hall–Kier alpha value is -0.570. The number of likely N-dealkylation sites (tertiary alicyclic amines) is 1. The smallest absolute Gasteiger partial charge is 0.0511 e. The van der Waals surface area contributed by atoms with Gasteiger partial charge in [-0.2, -0.15) is 0 Å². The summed E-state index contributed by atoms with van der Waals surface area (Å²) in [5.74, 6) is 0.824. The zero-order valence-electron chi connectivity index (χ0n) is 12.0. The molecule has 2 nitrogen and oxygen atoms in total. The Morgan fingerprint density at radius 3 is 2.68 bits per heavy atom. The van der Waals surface area contributed by atoms with Gasteiger partial charge in [-0.15, -0.1) is 0 Å². The van der Waals surface area contributed by atoms with Crippen molar-refractivity contribution in [3.8, 4) is 0 Å². The Morgan fingerprint density at radius 1 is 1.26 bits per heavy atom. The second-order valence-electron chi connectivity index (χ2n) is 5.90. The van der Waals surface area contributed by atoms with Crippen molar-refractivity contribution in [3.63, 3.8) is 0 Å². The van der Waals surface area contributed by atoms with E-state index in [-0.39, 0.29) is 12.1 Å². The minimum absolute atomic E-state index is 0.0910. The Bertz CT molecular complexity index is 405. The molecule has 19 heavy (non-hydrogen) atoms. The molecule has 0 aliphatic carbocycles. The maximum absolute atomic E-state index is 6.37. The third-order valence-electron chi connectivity index (χ3n) is 4.17. The van der Waals surface area contributed by atoms with Gasteiger partial charge in [0.25, 0.3) is 0 Å². The van der Waals surface area contributed by atoms with Crippen LogP contribution in [-0.2, 0) is 0 Å². The normalized spacial score (nSPS) is 24.7. The van der Waals surface area contributed by atoms with Crippen molar-refractivity contribution in [1.29, 1.82) is 0 Å². The summed E-state index contributed by atoms with van der Waals surface area (Å²) >= 11 is 6.37. The van der Waals surface area contributed by atoms with Crippen molar-refractivity contribution in [1.82, 2.24) is 4.90 Å². The first kappa shape index (κ1) is 14.8. The van der Waals surface area contributed by atoms with E-state index in [1.807, 2.05) is 12.1 Å². The van der Waals surface area contributed by atoms with Crippen molar-refractivity contribution in [2.24, 2.45) is 11.7 Å². The van der Waals surface area contributed by atoms with E-state index in [2.05, 4.69) is 30.9 Å². The van der Waals surface area contributed by atoms with Gasteiger partial charge in [0, 0.05) is 11.1 Å². The molecule has 0 aromatic heterocycles. The third kappa shape index (κ3) is 3.71. The van der Waals surface area contributed by atoms with Crippen LogP contribution in [0.15, 0.2) is 24.3 Å². The van der Waals surface area contributed by atoms with Crippen LogP contribution in [-0.4, -0.2) is 24.0 Å². The fourth-order valence-corrected chi connectivity index (χ4v) is 3.34. The zero-order chi connectivity index (χ0) is 13.8. The lowest BCUT2D eigenvalue weighted by Crippen LogP contribution is -2.40. The van der Waals surface area contributed by atoms with Crippen LogP contribution in [0.4, 0.5) is 0 Å².